The standard InChI is InChI=1S/C6H12N2.C2H6NO4S2/c1-2-8-5-3-7(1)4-6-8;1-8(4,5)3-9(2,6)7/h1-6H2;1-2H3/q;-1/p+1. The molecule has 3 fully saturated rings. The van der Waals surface area contributed by atoms with E-state index in [0.29, 0.717) is 12.5 Å². The molecule has 17 heavy (non-hydrogen) atoms. The lowest BCUT2D eigenvalue weighted by Gasteiger charge is -2.38. The molecule has 3 heterocycles. The highest BCUT2D eigenvalue weighted by Crippen LogP contribution is 2.03. The number of nitrogens with zero attached hydrogens (tertiary/aromatic N) is 2. The largest absolute Gasteiger partial charge is 0.437 e. The van der Waals surface area contributed by atoms with Crippen LogP contribution in [0.3, 0.4) is 0 Å². The van der Waals surface area contributed by atoms with Gasteiger partial charge in [0.25, 0.3) is 0 Å². The third-order valence-electron chi connectivity index (χ3n) is 2.62. The molecule has 0 unspecified atom stereocenters. The zero-order valence-corrected chi connectivity index (χ0v) is 11.7. The summed E-state index contributed by atoms with van der Waals surface area (Å²) in [6, 6.07) is 0. The van der Waals surface area contributed by atoms with Gasteiger partial charge in [0, 0.05) is 32.1 Å². The van der Waals surface area contributed by atoms with Gasteiger partial charge in [-0.1, -0.05) is 0 Å². The van der Waals surface area contributed by atoms with E-state index < -0.39 is 20.0 Å². The van der Waals surface area contributed by atoms with Crippen molar-refractivity contribution in [2.75, 3.05) is 51.8 Å². The van der Waals surface area contributed by atoms with Gasteiger partial charge < -0.3 is 9.03 Å². The summed E-state index contributed by atoms with van der Waals surface area (Å²) in [5.41, 5.74) is 0. The van der Waals surface area contributed by atoms with Crippen LogP contribution in [-0.2, 0) is 20.0 Å². The van der Waals surface area contributed by atoms with E-state index in [1.807, 2.05) is 4.90 Å². The molecule has 0 atom stereocenters. The van der Waals surface area contributed by atoms with Gasteiger partial charge in [0.05, 0.1) is 39.7 Å². The van der Waals surface area contributed by atoms with E-state index in [4.69, 9.17) is 0 Å². The maximum absolute atomic E-state index is 10.1. The molecule has 102 valence electrons. The van der Waals surface area contributed by atoms with Crippen molar-refractivity contribution in [1.82, 2.24) is 4.90 Å². The topological polar surface area (TPSA) is 90.1 Å². The molecule has 7 nitrogen and oxygen atoms in total. The van der Waals surface area contributed by atoms with Gasteiger partial charge in [-0.3, -0.25) is 4.90 Å². The Balaban J connectivity index is 0.000000170. The Morgan fingerprint density at radius 1 is 0.882 bits per heavy atom. The van der Waals surface area contributed by atoms with Crippen LogP contribution in [0, 0.1) is 0 Å². The molecule has 0 saturated carbocycles. The Morgan fingerprint density at radius 2 is 1.24 bits per heavy atom. The highest BCUT2D eigenvalue weighted by Gasteiger charge is 2.25. The van der Waals surface area contributed by atoms with E-state index in [2.05, 4.69) is 9.03 Å². The Morgan fingerprint density at radius 3 is 1.29 bits per heavy atom. The summed E-state index contributed by atoms with van der Waals surface area (Å²) in [5.74, 6) is 0. The number of sulfonamides is 2. The molecule has 2 bridgehead atoms. The van der Waals surface area contributed by atoms with Gasteiger partial charge in [-0.25, -0.2) is 16.8 Å². The summed E-state index contributed by atoms with van der Waals surface area (Å²) in [7, 11) is -7.49. The predicted octanol–water partition coefficient (Wildman–Crippen LogP) is -2.52. The van der Waals surface area contributed by atoms with E-state index in [-0.39, 0.29) is 0 Å². The molecule has 0 aromatic carbocycles. The number of rotatable bonds is 2. The smallest absolute Gasteiger partial charge is 0.0901 e. The second kappa shape index (κ2) is 5.61. The normalized spacial score (nSPS) is 28.4. The zero-order valence-electron chi connectivity index (χ0n) is 10.1. The minimum atomic E-state index is -3.74. The van der Waals surface area contributed by atoms with Crippen molar-refractivity contribution in [1.29, 1.82) is 0 Å². The molecule has 0 spiro atoms. The molecule has 3 saturated heterocycles. The Hall–Kier alpha value is -0.220. The highest BCUT2D eigenvalue weighted by molar-refractivity contribution is 8.11. The molecular weight excluding hydrogens is 266 g/mol. The van der Waals surface area contributed by atoms with Crippen molar-refractivity contribution in [2.45, 2.75) is 0 Å². The SMILES string of the molecule is C1C[NH+]2CCN1CC2.CS(=O)(=O)[N-]S(C)(=O)=O. The van der Waals surface area contributed by atoms with E-state index in [9.17, 15) is 16.8 Å². The van der Waals surface area contributed by atoms with Crippen molar-refractivity contribution in [3.63, 3.8) is 0 Å². The zero-order chi connectivity index (χ0) is 13.1. The first kappa shape index (κ1) is 14.8. The maximum atomic E-state index is 10.1. The quantitative estimate of drug-likeness (QED) is 0.605. The number of hydrogen-bond acceptors (Lipinski definition) is 5. The Bertz CT molecular complexity index is 384. The lowest BCUT2D eigenvalue weighted by Crippen LogP contribution is -3.17. The molecule has 0 aromatic heterocycles. The lowest BCUT2D eigenvalue weighted by molar-refractivity contribution is -0.914. The van der Waals surface area contributed by atoms with Crippen molar-refractivity contribution in [2.24, 2.45) is 0 Å². The van der Waals surface area contributed by atoms with Crippen LogP contribution in [-0.4, -0.2) is 73.5 Å². The molecule has 3 aliphatic heterocycles. The average molecular weight is 285 g/mol. The second-order valence-corrected chi connectivity index (χ2v) is 7.91. The molecule has 0 aliphatic carbocycles. The minimum Gasteiger partial charge on any atom is -0.437 e. The molecule has 3 rings (SSSR count). The number of nitrogens with one attached hydrogen (secondary N) is 1. The monoisotopic (exact) mass is 285 g/mol. The fourth-order valence-corrected chi connectivity index (χ4v) is 3.87. The van der Waals surface area contributed by atoms with Gasteiger partial charge in [-0.2, -0.15) is 0 Å². The second-order valence-electron chi connectivity index (χ2n) is 4.38. The van der Waals surface area contributed by atoms with E-state index in [1.54, 1.807) is 0 Å². The van der Waals surface area contributed by atoms with Crippen LogP contribution >= 0.6 is 0 Å². The lowest BCUT2D eigenvalue weighted by atomic mass is 10.2. The summed E-state index contributed by atoms with van der Waals surface area (Å²) >= 11 is 0. The van der Waals surface area contributed by atoms with Crippen molar-refractivity contribution < 1.29 is 21.7 Å². The number of fused-ring (bicyclic) bond motifs is 3. The van der Waals surface area contributed by atoms with Crippen molar-refractivity contribution in [3.05, 3.63) is 4.13 Å². The van der Waals surface area contributed by atoms with E-state index >= 15 is 0 Å². The first-order valence-electron chi connectivity index (χ1n) is 5.36. The first-order valence-corrected chi connectivity index (χ1v) is 9.05. The average Bonchev–Trinajstić information content (AvgIpc) is 2.16. The third-order valence-corrected chi connectivity index (χ3v) is 4.78. The van der Waals surface area contributed by atoms with E-state index in [0.717, 1.165) is 0 Å². The molecule has 3 aliphatic rings. The molecule has 1 N–H and O–H groups in total. The molecule has 0 radical (unpaired) electrons. The highest BCUT2D eigenvalue weighted by atomic mass is 32.3. The van der Waals surface area contributed by atoms with Crippen molar-refractivity contribution >= 4 is 20.0 Å². The summed E-state index contributed by atoms with van der Waals surface area (Å²) in [4.78, 5) is 4.39. The van der Waals surface area contributed by atoms with Gasteiger partial charge in [0.1, 0.15) is 0 Å². The summed E-state index contributed by atoms with van der Waals surface area (Å²) < 4.78 is 42.9. The van der Waals surface area contributed by atoms with E-state index in [1.165, 1.54) is 39.3 Å². The maximum Gasteiger partial charge on any atom is 0.0901 e. The fourth-order valence-electron chi connectivity index (χ4n) is 1.91. The van der Waals surface area contributed by atoms with Gasteiger partial charge in [0.15, 0.2) is 0 Å². The summed E-state index contributed by atoms with van der Waals surface area (Å²) in [6.07, 6.45) is 1.43. The predicted molar refractivity (Wildman–Crippen MR) is 65.1 cm³/mol. The van der Waals surface area contributed by atoms with Crippen LogP contribution in [0.5, 0.6) is 0 Å². The Labute approximate surface area is 103 Å². The van der Waals surface area contributed by atoms with Crippen LogP contribution in [0.2, 0.25) is 0 Å². The minimum absolute atomic E-state index is 0.716. The molecule has 0 aromatic rings. The van der Waals surface area contributed by atoms with Crippen LogP contribution in [0.1, 0.15) is 0 Å². The number of hydrogen-bond donors (Lipinski definition) is 1. The number of piperazine rings is 3. The molecule has 9 heteroatoms. The van der Waals surface area contributed by atoms with Crippen LogP contribution < -0.4 is 4.90 Å². The van der Waals surface area contributed by atoms with Crippen molar-refractivity contribution in [3.8, 4) is 0 Å². The molecule has 0 amide bonds. The van der Waals surface area contributed by atoms with Gasteiger partial charge in [-0.05, 0) is 0 Å². The van der Waals surface area contributed by atoms with Gasteiger partial charge in [-0.15, -0.1) is 0 Å². The van der Waals surface area contributed by atoms with Gasteiger partial charge in [0.2, 0.25) is 0 Å². The summed E-state index contributed by atoms with van der Waals surface area (Å²) in [6.45, 7) is 8.28. The fraction of sp³-hybridized carbons (Fsp3) is 1.00. The first-order chi connectivity index (χ1) is 7.66. The number of quaternary nitrogens is 1. The Kier molecular flexibility index (Phi) is 4.90. The van der Waals surface area contributed by atoms with Crippen LogP contribution in [0.25, 0.3) is 4.13 Å². The van der Waals surface area contributed by atoms with Crippen LogP contribution in [0.4, 0.5) is 0 Å². The van der Waals surface area contributed by atoms with Gasteiger partial charge >= 0.3 is 0 Å². The molecular formula is C8H19N3O4S2. The van der Waals surface area contributed by atoms with Crippen LogP contribution in [0.15, 0.2) is 0 Å². The summed E-state index contributed by atoms with van der Waals surface area (Å²) in [5, 5.41) is 0. The third kappa shape index (κ3) is 6.94.